The Hall–Kier alpha value is -3.52. The number of rotatable bonds is 11. The van der Waals surface area contributed by atoms with Gasteiger partial charge in [0.25, 0.3) is 0 Å². The lowest BCUT2D eigenvalue weighted by Crippen LogP contribution is -2.48. The maximum atomic E-state index is 12.2. The van der Waals surface area contributed by atoms with Crippen LogP contribution in [-0.2, 0) is 11.4 Å². The summed E-state index contributed by atoms with van der Waals surface area (Å²) in [5.74, 6) is -0.233. The summed E-state index contributed by atoms with van der Waals surface area (Å²) < 4.78 is 0. The van der Waals surface area contributed by atoms with E-state index >= 15 is 0 Å². The molecule has 0 atom stereocenters. The second kappa shape index (κ2) is 13.9. The Kier molecular flexibility index (Phi) is 10.0. The zero-order chi connectivity index (χ0) is 26.7. The van der Waals surface area contributed by atoms with Gasteiger partial charge in [0.2, 0.25) is 5.91 Å². The van der Waals surface area contributed by atoms with Crippen molar-refractivity contribution in [3.63, 3.8) is 0 Å². The standard InChI is InChI=1S/C31H38N4O3/c1-24-31(38)28(27(23-36)22-33-24)14-15-29(37)32-16-8-9-17-34-18-20-35(21-19-34)30(25-10-4-2-5-11-25)26-12-6-3-7-13-26/h2-7,10-15,22,30,36,38H,8-9,16-21,23H2,1H3,(H,32,37). The van der Waals surface area contributed by atoms with Gasteiger partial charge in [0.05, 0.1) is 18.3 Å². The molecule has 1 aliphatic rings. The van der Waals surface area contributed by atoms with Crippen LogP contribution >= 0.6 is 0 Å². The summed E-state index contributed by atoms with van der Waals surface area (Å²) >= 11 is 0. The highest BCUT2D eigenvalue weighted by Gasteiger charge is 2.26. The molecule has 2 heterocycles. The topological polar surface area (TPSA) is 88.9 Å². The largest absolute Gasteiger partial charge is 0.505 e. The Morgan fingerprint density at radius 1 is 1.00 bits per heavy atom. The van der Waals surface area contributed by atoms with Crippen molar-refractivity contribution < 1.29 is 15.0 Å². The van der Waals surface area contributed by atoms with Crippen molar-refractivity contribution in [1.82, 2.24) is 20.1 Å². The average molecular weight is 515 g/mol. The molecule has 7 heteroatoms. The molecule has 0 saturated carbocycles. The summed E-state index contributed by atoms with van der Waals surface area (Å²) in [5.41, 5.74) is 4.03. The molecule has 3 N–H and O–H groups in total. The molecule has 7 nitrogen and oxygen atoms in total. The van der Waals surface area contributed by atoms with Crippen LogP contribution in [0, 0.1) is 6.92 Å². The van der Waals surface area contributed by atoms with E-state index in [1.807, 2.05) is 0 Å². The molecule has 200 valence electrons. The molecule has 4 rings (SSSR count). The lowest BCUT2D eigenvalue weighted by atomic mass is 9.96. The van der Waals surface area contributed by atoms with E-state index in [1.54, 1.807) is 6.92 Å². The van der Waals surface area contributed by atoms with Gasteiger partial charge in [0.15, 0.2) is 0 Å². The molecule has 1 amide bonds. The molecule has 3 aromatic rings. The molecule has 1 saturated heterocycles. The van der Waals surface area contributed by atoms with E-state index in [9.17, 15) is 15.0 Å². The van der Waals surface area contributed by atoms with Gasteiger partial charge in [-0.2, -0.15) is 0 Å². The van der Waals surface area contributed by atoms with Crippen molar-refractivity contribution in [2.45, 2.75) is 32.4 Å². The molecule has 1 fully saturated rings. The number of aromatic nitrogens is 1. The van der Waals surface area contributed by atoms with E-state index in [2.05, 4.69) is 80.8 Å². The fraction of sp³-hybridized carbons (Fsp3) is 0.355. The molecule has 38 heavy (non-hydrogen) atoms. The molecule has 1 aromatic heterocycles. The van der Waals surface area contributed by atoms with Gasteiger partial charge in [-0.25, -0.2) is 0 Å². The number of piperazine rings is 1. The molecular formula is C31H38N4O3. The van der Waals surface area contributed by atoms with Crippen molar-refractivity contribution in [2.75, 3.05) is 39.3 Å². The second-order valence-corrected chi connectivity index (χ2v) is 9.72. The Labute approximate surface area is 225 Å². The Morgan fingerprint density at radius 3 is 2.24 bits per heavy atom. The van der Waals surface area contributed by atoms with Crippen LogP contribution in [0.2, 0.25) is 0 Å². The first-order valence-electron chi connectivity index (χ1n) is 13.4. The number of aromatic hydroxyl groups is 1. The van der Waals surface area contributed by atoms with Crippen molar-refractivity contribution in [1.29, 1.82) is 0 Å². The molecule has 0 aliphatic carbocycles. The molecule has 0 bridgehead atoms. The highest BCUT2D eigenvalue weighted by molar-refractivity contribution is 5.92. The van der Waals surface area contributed by atoms with Crippen molar-refractivity contribution in [2.24, 2.45) is 0 Å². The number of hydrogen-bond acceptors (Lipinski definition) is 6. The first-order chi connectivity index (χ1) is 18.6. The summed E-state index contributed by atoms with van der Waals surface area (Å²) in [6.45, 7) is 7.15. The monoisotopic (exact) mass is 514 g/mol. The third-order valence-corrected chi connectivity index (χ3v) is 7.13. The maximum Gasteiger partial charge on any atom is 0.244 e. The minimum atomic E-state index is -0.254. The van der Waals surface area contributed by atoms with Crippen LogP contribution in [0.4, 0.5) is 0 Å². The van der Waals surface area contributed by atoms with Gasteiger partial charge < -0.3 is 20.4 Å². The quantitative estimate of drug-likeness (QED) is 0.266. The van der Waals surface area contributed by atoms with E-state index in [0.717, 1.165) is 45.6 Å². The zero-order valence-electron chi connectivity index (χ0n) is 22.1. The van der Waals surface area contributed by atoms with E-state index < -0.39 is 0 Å². The summed E-state index contributed by atoms with van der Waals surface area (Å²) in [6, 6.07) is 21.8. The maximum absolute atomic E-state index is 12.2. The van der Waals surface area contributed by atoms with Gasteiger partial charge in [-0.05, 0) is 43.5 Å². The molecular weight excluding hydrogens is 476 g/mol. The van der Waals surface area contributed by atoms with E-state index in [1.165, 1.54) is 29.5 Å². The minimum Gasteiger partial charge on any atom is -0.505 e. The number of carbonyl (C=O) groups excluding carboxylic acids is 1. The first kappa shape index (κ1) is 27.5. The number of pyridine rings is 1. The number of carbonyl (C=O) groups is 1. The van der Waals surface area contributed by atoms with Gasteiger partial charge in [-0.15, -0.1) is 0 Å². The second-order valence-electron chi connectivity index (χ2n) is 9.72. The minimum absolute atomic E-state index is 0.0143. The fourth-order valence-electron chi connectivity index (χ4n) is 4.98. The van der Waals surface area contributed by atoms with Gasteiger partial charge in [0, 0.05) is 56.1 Å². The number of aryl methyl sites for hydroxylation is 1. The zero-order valence-corrected chi connectivity index (χ0v) is 22.1. The normalized spacial score (nSPS) is 14.8. The van der Waals surface area contributed by atoms with Gasteiger partial charge in [-0.3, -0.25) is 14.7 Å². The summed E-state index contributed by atoms with van der Waals surface area (Å²) in [5, 5.41) is 22.6. The number of amides is 1. The van der Waals surface area contributed by atoms with Crippen LogP contribution in [0.5, 0.6) is 5.75 Å². The summed E-state index contributed by atoms with van der Waals surface area (Å²) in [4.78, 5) is 21.4. The molecule has 2 aromatic carbocycles. The molecule has 0 spiro atoms. The first-order valence-corrected chi connectivity index (χ1v) is 13.4. The number of nitrogens with zero attached hydrogens (tertiary/aromatic N) is 3. The van der Waals surface area contributed by atoms with Gasteiger partial charge in [-0.1, -0.05) is 60.7 Å². The highest BCUT2D eigenvalue weighted by Crippen LogP contribution is 2.29. The molecule has 0 radical (unpaired) electrons. The number of aliphatic hydroxyl groups is 1. The van der Waals surface area contributed by atoms with Crippen LogP contribution in [-0.4, -0.2) is 70.2 Å². The van der Waals surface area contributed by atoms with Crippen LogP contribution in [0.3, 0.4) is 0 Å². The summed E-state index contributed by atoms with van der Waals surface area (Å²) in [6.07, 6.45) is 6.35. The van der Waals surface area contributed by atoms with E-state index in [-0.39, 0.29) is 24.3 Å². The highest BCUT2D eigenvalue weighted by atomic mass is 16.3. The number of aliphatic hydroxyl groups excluding tert-OH is 1. The van der Waals surface area contributed by atoms with Crippen LogP contribution in [0.15, 0.2) is 72.9 Å². The third-order valence-electron chi connectivity index (χ3n) is 7.13. The Balaban J connectivity index is 1.19. The summed E-state index contributed by atoms with van der Waals surface area (Å²) in [7, 11) is 0. The van der Waals surface area contributed by atoms with Crippen LogP contribution in [0.1, 0.15) is 46.8 Å². The molecule has 1 aliphatic heterocycles. The van der Waals surface area contributed by atoms with Gasteiger partial charge >= 0.3 is 0 Å². The van der Waals surface area contributed by atoms with Crippen molar-refractivity contribution in [3.05, 3.63) is 101 Å². The van der Waals surface area contributed by atoms with Crippen LogP contribution < -0.4 is 5.32 Å². The lowest BCUT2D eigenvalue weighted by molar-refractivity contribution is -0.116. The van der Waals surface area contributed by atoms with Crippen LogP contribution in [0.25, 0.3) is 6.08 Å². The predicted octanol–water partition coefficient (Wildman–Crippen LogP) is 3.90. The number of hydrogen-bond donors (Lipinski definition) is 3. The fourth-order valence-corrected chi connectivity index (χ4v) is 4.98. The third kappa shape index (κ3) is 7.28. The van der Waals surface area contributed by atoms with E-state index in [4.69, 9.17) is 0 Å². The Morgan fingerprint density at radius 2 is 1.63 bits per heavy atom. The van der Waals surface area contributed by atoms with Crippen molar-refractivity contribution >= 4 is 12.0 Å². The smallest absolute Gasteiger partial charge is 0.244 e. The Bertz CT molecular complexity index is 1150. The lowest BCUT2D eigenvalue weighted by Gasteiger charge is -2.39. The molecule has 0 unspecified atom stereocenters. The van der Waals surface area contributed by atoms with Gasteiger partial charge in [0.1, 0.15) is 5.75 Å². The average Bonchev–Trinajstić information content (AvgIpc) is 2.95. The SMILES string of the molecule is Cc1ncc(CO)c(C=CC(=O)NCCCCN2CCN(C(c3ccccc3)c3ccccc3)CC2)c1O. The number of benzene rings is 2. The number of unbranched alkanes of at least 4 members (excludes halogenated alkanes) is 1. The van der Waals surface area contributed by atoms with Crippen molar-refractivity contribution in [3.8, 4) is 5.75 Å². The predicted molar refractivity (Wildman–Crippen MR) is 151 cm³/mol. The number of nitrogens with one attached hydrogen (secondary N) is 1. The van der Waals surface area contributed by atoms with E-state index in [0.29, 0.717) is 23.4 Å².